The minimum Gasteiger partial charge on any atom is -0.454 e. The lowest BCUT2D eigenvalue weighted by molar-refractivity contribution is 0.0943. The van der Waals surface area contributed by atoms with Crippen LogP contribution >= 0.6 is 11.8 Å². The molecule has 38 heavy (non-hydrogen) atoms. The van der Waals surface area contributed by atoms with Gasteiger partial charge in [-0.15, -0.1) is 0 Å². The summed E-state index contributed by atoms with van der Waals surface area (Å²) in [4.78, 5) is 26.8. The molecule has 2 aliphatic rings. The molecule has 0 atom stereocenters. The number of anilines is 1. The van der Waals surface area contributed by atoms with Gasteiger partial charge in [0.05, 0.1) is 0 Å². The van der Waals surface area contributed by atoms with Crippen molar-refractivity contribution in [2.75, 3.05) is 37.9 Å². The fraction of sp³-hybridized carbons (Fsp3) is 0.414. The Hall–Kier alpha value is -3.30. The van der Waals surface area contributed by atoms with Crippen LogP contribution in [0.2, 0.25) is 0 Å². The number of hydrogen-bond acceptors (Lipinski definition) is 8. The number of nitrogens with one attached hydrogen (secondary N) is 1. The molecule has 3 heterocycles. The van der Waals surface area contributed by atoms with E-state index in [4.69, 9.17) is 19.4 Å². The Bertz CT molecular complexity index is 1290. The van der Waals surface area contributed by atoms with Crippen molar-refractivity contribution in [3.05, 3.63) is 70.4 Å². The molecule has 0 spiro atoms. The number of amides is 1. The van der Waals surface area contributed by atoms with Crippen LogP contribution in [0.5, 0.6) is 11.5 Å². The summed E-state index contributed by atoms with van der Waals surface area (Å²) in [6.07, 6.45) is 0. The lowest BCUT2D eigenvalue weighted by atomic mass is 10.1. The lowest BCUT2D eigenvalue weighted by Gasteiger charge is -2.36. The van der Waals surface area contributed by atoms with E-state index in [0.717, 1.165) is 77.8 Å². The zero-order chi connectivity index (χ0) is 26.6. The first-order chi connectivity index (χ1) is 18.4. The third-order valence-electron chi connectivity index (χ3n) is 6.86. The molecular weight excluding hydrogens is 498 g/mol. The Balaban J connectivity index is 1.18. The molecule has 3 aromatic rings. The standard InChI is InChI=1S/C29H35N5O3S/c1-19(2)30-28(35)24-8-5-22(6-9-24)17-38-29-31-21(4)20(3)27(32-29)34-13-11-33(12-14-34)16-23-7-10-25-26(15-23)37-18-36-25/h5-10,15,19H,11-14,16-18H2,1-4H3,(H,30,35). The third kappa shape index (κ3) is 6.22. The number of hydrogen-bond donors (Lipinski definition) is 1. The first-order valence-corrected chi connectivity index (χ1v) is 14.1. The highest BCUT2D eigenvalue weighted by Crippen LogP contribution is 2.33. The number of piperazine rings is 1. The highest BCUT2D eigenvalue weighted by molar-refractivity contribution is 7.98. The minimum atomic E-state index is -0.0441. The highest BCUT2D eigenvalue weighted by Gasteiger charge is 2.22. The molecule has 200 valence electrons. The molecule has 1 amide bonds. The molecule has 1 fully saturated rings. The lowest BCUT2D eigenvalue weighted by Crippen LogP contribution is -2.46. The number of ether oxygens (including phenoxy) is 2. The number of aromatic nitrogens is 2. The Morgan fingerprint density at radius 2 is 1.68 bits per heavy atom. The maximum Gasteiger partial charge on any atom is 0.251 e. The largest absolute Gasteiger partial charge is 0.454 e. The second kappa shape index (κ2) is 11.6. The number of thioether (sulfide) groups is 1. The maximum atomic E-state index is 12.2. The molecule has 2 aromatic carbocycles. The first-order valence-electron chi connectivity index (χ1n) is 13.1. The van der Waals surface area contributed by atoms with Crippen molar-refractivity contribution in [2.24, 2.45) is 0 Å². The van der Waals surface area contributed by atoms with Crippen molar-refractivity contribution in [1.82, 2.24) is 20.2 Å². The summed E-state index contributed by atoms with van der Waals surface area (Å²) in [7, 11) is 0. The minimum absolute atomic E-state index is 0.0441. The van der Waals surface area contributed by atoms with Gasteiger partial charge < -0.3 is 19.7 Å². The molecule has 0 aliphatic carbocycles. The SMILES string of the molecule is Cc1nc(SCc2ccc(C(=O)NC(C)C)cc2)nc(N2CCN(Cc3ccc4c(c3)OCO4)CC2)c1C. The number of fused-ring (bicyclic) bond motifs is 1. The maximum absolute atomic E-state index is 12.2. The molecular formula is C29H35N5O3S. The first kappa shape index (κ1) is 26.3. The quantitative estimate of drug-likeness (QED) is 0.333. The molecule has 5 rings (SSSR count). The van der Waals surface area contributed by atoms with Crippen LogP contribution < -0.4 is 19.7 Å². The van der Waals surface area contributed by atoms with E-state index >= 15 is 0 Å². The number of rotatable bonds is 8. The number of carbonyl (C=O) groups excluding carboxylic acids is 1. The van der Waals surface area contributed by atoms with Gasteiger partial charge in [-0.3, -0.25) is 9.69 Å². The Morgan fingerprint density at radius 3 is 2.42 bits per heavy atom. The Morgan fingerprint density at radius 1 is 0.974 bits per heavy atom. The molecule has 0 radical (unpaired) electrons. The van der Waals surface area contributed by atoms with E-state index in [-0.39, 0.29) is 11.9 Å². The van der Waals surface area contributed by atoms with Crippen molar-refractivity contribution >= 4 is 23.5 Å². The van der Waals surface area contributed by atoms with Gasteiger partial charge in [-0.2, -0.15) is 0 Å². The fourth-order valence-corrected chi connectivity index (χ4v) is 5.46. The summed E-state index contributed by atoms with van der Waals surface area (Å²) >= 11 is 1.63. The van der Waals surface area contributed by atoms with Crippen LogP contribution in [-0.2, 0) is 12.3 Å². The molecule has 0 saturated carbocycles. The molecule has 1 aromatic heterocycles. The normalized spacial score (nSPS) is 15.2. The van der Waals surface area contributed by atoms with Crippen molar-refractivity contribution in [2.45, 2.75) is 51.2 Å². The smallest absolute Gasteiger partial charge is 0.251 e. The predicted octanol–water partition coefficient (Wildman–Crippen LogP) is 4.57. The number of benzene rings is 2. The van der Waals surface area contributed by atoms with Crippen molar-refractivity contribution in [3.8, 4) is 11.5 Å². The van der Waals surface area contributed by atoms with Crippen LogP contribution in [0.1, 0.15) is 46.6 Å². The van der Waals surface area contributed by atoms with Gasteiger partial charge in [0.1, 0.15) is 5.82 Å². The molecule has 9 heteroatoms. The summed E-state index contributed by atoms with van der Waals surface area (Å²) in [5.41, 5.74) is 5.20. The number of aryl methyl sites for hydroxylation is 1. The van der Waals surface area contributed by atoms with E-state index in [2.05, 4.69) is 41.1 Å². The average Bonchev–Trinajstić information content (AvgIpc) is 3.38. The summed E-state index contributed by atoms with van der Waals surface area (Å²) in [5, 5.41) is 3.71. The highest BCUT2D eigenvalue weighted by atomic mass is 32.2. The van der Waals surface area contributed by atoms with Gasteiger partial charge in [-0.1, -0.05) is 30.0 Å². The zero-order valence-corrected chi connectivity index (χ0v) is 23.3. The van der Waals surface area contributed by atoms with Gasteiger partial charge in [0.25, 0.3) is 5.91 Å². The van der Waals surface area contributed by atoms with Crippen LogP contribution in [0.25, 0.3) is 0 Å². The van der Waals surface area contributed by atoms with Gasteiger partial charge in [0.15, 0.2) is 16.7 Å². The van der Waals surface area contributed by atoms with E-state index in [1.54, 1.807) is 11.8 Å². The van der Waals surface area contributed by atoms with Crippen LogP contribution in [-0.4, -0.2) is 59.8 Å². The van der Waals surface area contributed by atoms with E-state index in [9.17, 15) is 4.79 Å². The van der Waals surface area contributed by atoms with Crippen LogP contribution in [0.15, 0.2) is 47.6 Å². The molecule has 1 saturated heterocycles. The van der Waals surface area contributed by atoms with E-state index < -0.39 is 0 Å². The van der Waals surface area contributed by atoms with E-state index in [0.29, 0.717) is 12.4 Å². The summed E-state index contributed by atoms with van der Waals surface area (Å²) in [6.45, 7) is 13.1. The van der Waals surface area contributed by atoms with Crippen LogP contribution in [0.4, 0.5) is 5.82 Å². The van der Waals surface area contributed by atoms with E-state index in [1.165, 1.54) is 5.56 Å². The average molecular weight is 534 g/mol. The monoisotopic (exact) mass is 533 g/mol. The summed E-state index contributed by atoms with van der Waals surface area (Å²) in [5.74, 6) is 3.40. The molecule has 0 bridgehead atoms. The van der Waals surface area contributed by atoms with Gasteiger partial charge in [-0.25, -0.2) is 9.97 Å². The Labute approximate surface area is 228 Å². The predicted molar refractivity (Wildman–Crippen MR) is 150 cm³/mol. The topological polar surface area (TPSA) is 79.8 Å². The van der Waals surface area contributed by atoms with Crippen molar-refractivity contribution < 1.29 is 14.3 Å². The Kier molecular flexibility index (Phi) is 8.04. The third-order valence-corrected chi connectivity index (χ3v) is 7.78. The van der Waals surface area contributed by atoms with Gasteiger partial charge in [0.2, 0.25) is 6.79 Å². The summed E-state index contributed by atoms with van der Waals surface area (Å²) in [6, 6.07) is 14.1. The van der Waals surface area contributed by atoms with Crippen molar-refractivity contribution in [1.29, 1.82) is 0 Å². The van der Waals surface area contributed by atoms with Crippen LogP contribution in [0.3, 0.4) is 0 Å². The zero-order valence-electron chi connectivity index (χ0n) is 22.5. The molecule has 1 N–H and O–H groups in total. The van der Waals surface area contributed by atoms with Gasteiger partial charge in [0, 0.05) is 61.3 Å². The van der Waals surface area contributed by atoms with E-state index in [1.807, 2.05) is 44.2 Å². The summed E-state index contributed by atoms with van der Waals surface area (Å²) < 4.78 is 11.0. The number of nitrogens with zero attached hydrogens (tertiary/aromatic N) is 4. The van der Waals surface area contributed by atoms with Crippen LogP contribution in [0, 0.1) is 13.8 Å². The van der Waals surface area contributed by atoms with Crippen molar-refractivity contribution in [3.63, 3.8) is 0 Å². The van der Waals surface area contributed by atoms with Gasteiger partial charge in [-0.05, 0) is 63.1 Å². The number of carbonyl (C=O) groups is 1. The molecule has 0 unspecified atom stereocenters. The second-order valence-corrected chi connectivity index (χ2v) is 11.0. The van der Waals surface area contributed by atoms with Gasteiger partial charge >= 0.3 is 0 Å². The second-order valence-electron chi connectivity index (χ2n) is 10.1. The molecule has 8 nitrogen and oxygen atoms in total. The fourth-order valence-electron chi connectivity index (χ4n) is 4.62. The molecule has 2 aliphatic heterocycles.